The number of carbonyl (C=O) groups excluding carboxylic acids is 1. The van der Waals surface area contributed by atoms with E-state index < -0.39 is 0 Å². The van der Waals surface area contributed by atoms with Crippen molar-refractivity contribution < 1.29 is 9.53 Å². The normalized spacial score (nSPS) is 10.7. The van der Waals surface area contributed by atoms with Gasteiger partial charge in [0.25, 0.3) is 5.91 Å². The molecule has 0 fully saturated rings. The number of aryl methyl sites for hydroxylation is 1. The summed E-state index contributed by atoms with van der Waals surface area (Å²) in [7, 11) is 1.52. The number of hydrogen-bond donors (Lipinski definition) is 1. The lowest BCUT2D eigenvalue weighted by molar-refractivity contribution is 0.102. The summed E-state index contributed by atoms with van der Waals surface area (Å²) in [5.74, 6) is 0.372. The molecule has 27 heavy (non-hydrogen) atoms. The second kappa shape index (κ2) is 6.87. The average Bonchev–Trinajstić information content (AvgIpc) is 3.03. The maximum atomic E-state index is 12.6. The van der Waals surface area contributed by atoms with E-state index in [9.17, 15) is 4.79 Å². The third-order valence-corrected chi connectivity index (χ3v) is 4.18. The van der Waals surface area contributed by atoms with Gasteiger partial charge < -0.3 is 4.74 Å². The number of nitrogens with one attached hydrogen (secondary N) is 1. The summed E-state index contributed by atoms with van der Waals surface area (Å²) in [4.78, 5) is 25.8. The van der Waals surface area contributed by atoms with Crippen molar-refractivity contribution in [1.29, 1.82) is 0 Å². The lowest BCUT2D eigenvalue weighted by Gasteiger charge is -2.09. The molecule has 0 spiro atoms. The first-order valence-electron chi connectivity index (χ1n) is 8.39. The largest absolute Gasteiger partial charge is 0.496 e. The van der Waals surface area contributed by atoms with Gasteiger partial charge in [0.15, 0.2) is 0 Å². The molecule has 7 nitrogen and oxygen atoms in total. The van der Waals surface area contributed by atoms with E-state index >= 15 is 0 Å². The van der Waals surface area contributed by atoms with Crippen molar-refractivity contribution in [2.24, 2.45) is 0 Å². The van der Waals surface area contributed by atoms with E-state index in [2.05, 4.69) is 20.3 Å². The van der Waals surface area contributed by atoms with Crippen molar-refractivity contribution in [2.45, 2.75) is 6.92 Å². The number of amides is 1. The number of nitrogens with zero attached hydrogens (tertiary/aromatic N) is 4. The molecule has 134 valence electrons. The standard InChI is InChI=1S/C20H17N5O2/c1-13-18(25-12-6-5-9-17(25)22-13)15-10-11-21-20(23-15)24-19(26)14-7-3-4-8-16(14)27-2/h3-12H,1-2H3,(H,21,23,24,26). The topological polar surface area (TPSA) is 81.4 Å². The number of benzene rings is 1. The van der Waals surface area contributed by atoms with Crippen LogP contribution in [-0.4, -0.2) is 32.4 Å². The van der Waals surface area contributed by atoms with Crippen LogP contribution in [0.1, 0.15) is 16.1 Å². The second-order valence-corrected chi connectivity index (χ2v) is 5.89. The lowest BCUT2D eigenvalue weighted by atomic mass is 10.2. The van der Waals surface area contributed by atoms with Crippen molar-refractivity contribution in [3.63, 3.8) is 0 Å². The Morgan fingerprint density at radius 3 is 2.74 bits per heavy atom. The SMILES string of the molecule is COc1ccccc1C(=O)Nc1nccc(-c2c(C)nc3ccccn23)n1. The number of rotatable bonds is 4. The van der Waals surface area contributed by atoms with E-state index in [0.717, 1.165) is 17.0 Å². The molecule has 0 atom stereocenters. The minimum absolute atomic E-state index is 0.216. The number of anilines is 1. The Balaban J connectivity index is 1.69. The van der Waals surface area contributed by atoms with Gasteiger partial charge in [0.1, 0.15) is 11.4 Å². The Kier molecular flexibility index (Phi) is 4.25. The third-order valence-electron chi connectivity index (χ3n) is 4.18. The molecule has 0 bridgehead atoms. The minimum atomic E-state index is -0.334. The molecule has 0 aliphatic rings. The van der Waals surface area contributed by atoms with Crippen LogP contribution in [0.25, 0.3) is 17.0 Å². The summed E-state index contributed by atoms with van der Waals surface area (Å²) in [6, 6.07) is 14.6. The van der Waals surface area contributed by atoms with Crippen LogP contribution in [-0.2, 0) is 0 Å². The predicted molar refractivity (Wildman–Crippen MR) is 102 cm³/mol. The number of para-hydroxylation sites is 1. The molecule has 0 aliphatic heterocycles. The Morgan fingerprint density at radius 2 is 1.89 bits per heavy atom. The molecule has 1 aromatic carbocycles. The highest BCUT2D eigenvalue weighted by Crippen LogP contribution is 2.24. The fourth-order valence-electron chi connectivity index (χ4n) is 2.97. The quantitative estimate of drug-likeness (QED) is 0.604. The zero-order chi connectivity index (χ0) is 18.8. The molecule has 0 saturated carbocycles. The van der Waals surface area contributed by atoms with Gasteiger partial charge in [-0.25, -0.2) is 15.0 Å². The van der Waals surface area contributed by atoms with E-state index in [1.165, 1.54) is 7.11 Å². The van der Waals surface area contributed by atoms with Crippen molar-refractivity contribution in [2.75, 3.05) is 12.4 Å². The number of hydrogen-bond acceptors (Lipinski definition) is 5. The maximum Gasteiger partial charge on any atom is 0.261 e. The number of methoxy groups -OCH3 is 1. The highest BCUT2D eigenvalue weighted by atomic mass is 16.5. The van der Waals surface area contributed by atoms with E-state index in [0.29, 0.717) is 17.0 Å². The molecule has 0 saturated heterocycles. The van der Waals surface area contributed by atoms with Crippen molar-refractivity contribution in [3.8, 4) is 17.1 Å². The first-order valence-corrected chi connectivity index (χ1v) is 8.39. The molecule has 1 amide bonds. The predicted octanol–water partition coefficient (Wildman–Crippen LogP) is 3.36. The molecule has 0 radical (unpaired) electrons. The molecule has 4 aromatic rings. The molecular weight excluding hydrogens is 342 g/mol. The monoisotopic (exact) mass is 359 g/mol. The van der Waals surface area contributed by atoms with Crippen LogP contribution in [0.15, 0.2) is 60.9 Å². The zero-order valence-electron chi connectivity index (χ0n) is 14.9. The Labute approximate surface area is 155 Å². The number of ether oxygens (including phenoxy) is 1. The van der Waals surface area contributed by atoms with Gasteiger partial charge in [-0.1, -0.05) is 18.2 Å². The minimum Gasteiger partial charge on any atom is -0.496 e. The number of carbonyl (C=O) groups is 1. The van der Waals surface area contributed by atoms with Crippen LogP contribution in [0.2, 0.25) is 0 Å². The lowest BCUT2D eigenvalue weighted by Crippen LogP contribution is -2.15. The highest BCUT2D eigenvalue weighted by Gasteiger charge is 2.15. The van der Waals surface area contributed by atoms with Gasteiger partial charge in [0, 0.05) is 12.4 Å². The molecule has 3 aromatic heterocycles. The number of fused-ring (bicyclic) bond motifs is 1. The van der Waals surface area contributed by atoms with Crippen molar-refractivity contribution in [1.82, 2.24) is 19.4 Å². The van der Waals surface area contributed by atoms with E-state index in [4.69, 9.17) is 4.74 Å². The van der Waals surface area contributed by atoms with Gasteiger partial charge in [-0.2, -0.15) is 0 Å². The molecule has 4 rings (SSSR count). The van der Waals surface area contributed by atoms with Crippen molar-refractivity contribution >= 4 is 17.5 Å². The third kappa shape index (κ3) is 3.10. The number of imidazole rings is 1. The molecular formula is C20H17N5O2. The molecule has 3 heterocycles. The zero-order valence-corrected chi connectivity index (χ0v) is 14.9. The first kappa shape index (κ1) is 16.7. The maximum absolute atomic E-state index is 12.6. The summed E-state index contributed by atoms with van der Waals surface area (Å²) in [5, 5.41) is 2.73. The Bertz CT molecular complexity index is 1140. The molecule has 7 heteroatoms. The van der Waals surface area contributed by atoms with Crippen LogP contribution in [0.4, 0.5) is 5.95 Å². The van der Waals surface area contributed by atoms with Crippen LogP contribution in [0.5, 0.6) is 5.75 Å². The van der Waals surface area contributed by atoms with Crippen LogP contribution >= 0.6 is 0 Å². The van der Waals surface area contributed by atoms with Crippen LogP contribution < -0.4 is 10.1 Å². The smallest absolute Gasteiger partial charge is 0.261 e. The van der Waals surface area contributed by atoms with E-state index in [1.54, 1.807) is 36.5 Å². The van der Waals surface area contributed by atoms with E-state index in [-0.39, 0.29) is 11.9 Å². The molecule has 0 aliphatic carbocycles. The van der Waals surface area contributed by atoms with Crippen molar-refractivity contribution in [3.05, 3.63) is 72.2 Å². The van der Waals surface area contributed by atoms with Crippen LogP contribution in [0, 0.1) is 6.92 Å². The summed E-state index contributed by atoms with van der Waals surface area (Å²) >= 11 is 0. The van der Waals surface area contributed by atoms with Gasteiger partial charge in [-0.15, -0.1) is 0 Å². The Hall–Kier alpha value is -3.74. The molecule has 1 N–H and O–H groups in total. The molecule has 0 unspecified atom stereocenters. The fourth-order valence-corrected chi connectivity index (χ4v) is 2.97. The fraction of sp³-hybridized carbons (Fsp3) is 0.100. The summed E-state index contributed by atoms with van der Waals surface area (Å²) in [5.41, 5.74) is 3.64. The van der Waals surface area contributed by atoms with Crippen LogP contribution in [0.3, 0.4) is 0 Å². The summed E-state index contributed by atoms with van der Waals surface area (Å²) < 4.78 is 7.20. The summed E-state index contributed by atoms with van der Waals surface area (Å²) in [6.07, 6.45) is 3.54. The highest BCUT2D eigenvalue weighted by molar-refractivity contribution is 6.05. The average molecular weight is 359 g/mol. The van der Waals surface area contributed by atoms with Gasteiger partial charge in [-0.3, -0.25) is 14.5 Å². The second-order valence-electron chi connectivity index (χ2n) is 5.89. The van der Waals surface area contributed by atoms with Gasteiger partial charge in [0.05, 0.1) is 29.8 Å². The van der Waals surface area contributed by atoms with Gasteiger partial charge >= 0.3 is 0 Å². The number of aromatic nitrogens is 4. The number of pyridine rings is 1. The van der Waals surface area contributed by atoms with Gasteiger partial charge in [-0.05, 0) is 37.3 Å². The van der Waals surface area contributed by atoms with Gasteiger partial charge in [0.2, 0.25) is 5.95 Å². The first-order chi connectivity index (χ1) is 13.2. The summed E-state index contributed by atoms with van der Waals surface area (Å²) in [6.45, 7) is 1.93. The van der Waals surface area contributed by atoms with E-state index in [1.807, 2.05) is 35.7 Å². The Morgan fingerprint density at radius 1 is 1.07 bits per heavy atom.